The monoisotopic (exact) mass is 308 g/mol. The van der Waals surface area contributed by atoms with Gasteiger partial charge in [-0.1, -0.05) is 13.8 Å². The molecule has 22 heavy (non-hydrogen) atoms. The zero-order chi connectivity index (χ0) is 15.9. The smallest absolute Gasteiger partial charge is 0.191 e. The van der Waals surface area contributed by atoms with E-state index in [4.69, 9.17) is 4.74 Å². The van der Waals surface area contributed by atoms with Gasteiger partial charge in [0, 0.05) is 33.2 Å². The molecule has 0 spiro atoms. The molecule has 0 amide bonds. The summed E-state index contributed by atoms with van der Waals surface area (Å²) >= 11 is 0. The molecule has 1 atom stereocenters. The van der Waals surface area contributed by atoms with Gasteiger partial charge in [0.05, 0.1) is 6.54 Å². The number of nitrogens with one attached hydrogen (secondary N) is 2. The van der Waals surface area contributed by atoms with E-state index in [1.807, 2.05) is 11.7 Å². The van der Waals surface area contributed by atoms with E-state index in [1.165, 1.54) is 0 Å². The van der Waals surface area contributed by atoms with E-state index in [9.17, 15) is 0 Å². The number of nitrogens with zero attached hydrogens (tertiary/aromatic N) is 4. The fourth-order valence-electron chi connectivity index (χ4n) is 2.54. The van der Waals surface area contributed by atoms with Crippen LogP contribution in [-0.2, 0) is 24.3 Å². The number of rotatable bonds is 6. The summed E-state index contributed by atoms with van der Waals surface area (Å²) in [6, 6.07) is 0.329. The SMILES string of the molecule is CN=C(NCCC(C)C)NC1CCc2nc(COC)nn2C1. The molecule has 0 aliphatic carbocycles. The Hall–Kier alpha value is -1.63. The molecule has 7 nitrogen and oxygen atoms in total. The second-order valence-electron chi connectivity index (χ2n) is 6.12. The summed E-state index contributed by atoms with van der Waals surface area (Å²) in [5, 5.41) is 11.3. The van der Waals surface area contributed by atoms with Crippen LogP contribution in [0, 0.1) is 5.92 Å². The van der Waals surface area contributed by atoms with E-state index in [1.54, 1.807) is 7.11 Å². The van der Waals surface area contributed by atoms with E-state index < -0.39 is 0 Å². The van der Waals surface area contributed by atoms with Crippen molar-refractivity contribution >= 4 is 5.96 Å². The van der Waals surface area contributed by atoms with Crippen LogP contribution >= 0.6 is 0 Å². The third kappa shape index (κ3) is 4.69. The van der Waals surface area contributed by atoms with Crippen molar-refractivity contribution < 1.29 is 4.74 Å². The number of ether oxygens (including phenoxy) is 1. The van der Waals surface area contributed by atoms with Gasteiger partial charge < -0.3 is 15.4 Å². The van der Waals surface area contributed by atoms with Crippen molar-refractivity contribution in [2.24, 2.45) is 10.9 Å². The minimum atomic E-state index is 0.329. The van der Waals surface area contributed by atoms with Crippen LogP contribution in [0.5, 0.6) is 0 Å². The van der Waals surface area contributed by atoms with Crippen molar-refractivity contribution in [1.82, 2.24) is 25.4 Å². The van der Waals surface area contributed by atoms with E-state index >= 15 is 0 Å². The predicted octanol–water partition coefficient (Wildman–Crippen LogP) is 0.950. The van der Waals surface area contributed by atoms with E-state index in [0.29, 0.717) is 18.6 Å². The van der Waals surface area contributed by atoms with Crippen LogP contribution in [0.3, 0.4) is 0 Å². The summed E-state index contributed by atoms with van der Waals surface area (Å²) in [6.45, 7) is 6.68. The van der Waals surface area contributed by atoms with Crippen LogP contribution in [0.15, 0.2) is 4.99 Å². The molecule has 7 heteroatoms. The Morgan fingerprint density at radius 1 is 1.50 bits per heavy atom. The third-order valence-corrected chi connectivity index (χ3v) is 3.75. The highest BCUT2D eigenvalue weighted by molar-refractivity contribution is 5.79. The second kappa shape index (κ2) is 8.12. The van der Waals surface area contributed by atoms with Crippen LogP contribution in [0.2, 0.25) is 0 Å². The van der Waals surface area contributed by atoms with Gasteiger partial charge in [0.2, 0.25) is 0 Å². The molecule has 1 aliphatic heterocycles. The zero-order valence-electron chi connectivity index (χ0n) is 14.1. The van der Waals surface area contributed by atoms with Crippen molar-refractivity contribution in [3.05, 3.63) is 11.6 Å². The lowest BCUT2D eigenvalue weighted by molar-refractivity contribution is 0.177. The number of aliphatic imine (C=N–C) groups is 1. The molecule has 2 heterocycles. The predicted molar refractivity (Wildman–Crippen MR) is 86.8 cm³/mol. The Labute approximate surface area is 132 Å². The Bertz CT molecular complexity index is 496. The Morgan fingerprint density at radius 3 is 3.00 bits per heavy atom. The molecule has 0 saturated heterocycles. The van der Waals surface area contributed by atoms with Gasteiger partial charge in [-0.2, -0.15) is 5.10 Å². The van der Waals surface area contributed by atoms with Gasteiger partial charge in [-0.15, -0.1) is 0 Å². The second-order valence-corrected chi connectivity index (χ2v) is 6.12. The molecular formula is C15H28N6O. The van der Waals surface area contributed by atoms with Gasteiger partial charge in [-0.3, -0.25) is 4.99 Å². The van der Waals surface area contributed by atoms with E-state index in [2.05, 4.69) is 39.6 Å². The zero-order valence-corrected chi connectivity index (χ0v) is 14.1. The number of guanidine groups is 1. The Morgan fingerprint density at radius 2 is 2.32 bits per heavy atom. The first-order valence-electron chi connectivity index (χ1n) is 8.01. The van der Waals surface area contributed by atoms with Gasteiger partial charge >= 0.3 is 0 Å². The van der Waals surface area contributed by atoms with Crippen molar-refractivity contribution in [3.8, 4) is 0 Å². The molecule has 0 saturated carbocycles. The highest BCUT2D eigenvalue weighted by Crippen LogP contribution is 2.13. The molecular weight excluding hydrogens is 280 g/mol. The van der Waals surface area contributed by atoms with Crippen LogP contribution in [0.4, 0.5) is 0 Å². The molecule has 1 aromatic rings. The summed E-state index contributed by atoms with van der Waals surface area (Å²) in [5.74, 6) is 3.37. The van der Waals surface area contributed by atoms with Crippen LogP contribution in [-0.4, -0.2) is 47.5 Å². The molecule has 2 rings (SSSR count). The highest BCUT2D eigenvalue weighted by atomic mass is 16.5. The van der Waals surface area contributed by atoms with Crippen molar-refractivity contribution in [3.63, 3.8) is 0 Å². The maximum Gasteiger partial charge on any atom is 0.191 e. The molecule has 124 valence electrons. The largest absolute Gasteiger partial charge is 0.377 e. The maximum atomic E-state index is 5.09. The summed E-state index contributed by atoms with van der Waals surface area (Å²) in [7, 11) is 3.47. The number of hydrogen-bond donors (Lipinski definition) is 2. The molecule has 0 radical (unpaired) electrons. The van der Waals surface area contributed by atoms with Gasteiger partial charge in [0.15, 0.2) is 11.8 Å². The number of aromatic nitrogens is 3. The molecule has 1 aromatic heterocycles. The normalized spacial score (nSPS) is 18.4. The minimum Gasteiger partial charge on any atom is -0.377 e. The van der Waals surface area contributed by atoms with Gasteiger partial charge in [0.25, 0.3) is 0 Å². The first-order valence-corrected chi connectivity index (χ1v) is 8.01. The fourth-order valence-corrected chi connectivity index (χ4v) is 2.54. The summed E-state index contributed by atoms with van der Waals surface area (Å²) < 4.78 is 7.08. The first-order chi connectivity index (χ1) is 10.6. The van der Waals surface area contributed by atoms with Crippen LogP contribution in [0.1, 0.15) is 38.3 Å². The van der Waals surface area contributed by atoms with E-state index in [0.717, 1.165) is 50.0 Å². The minimum absolute atomic E-state index is 0.329. The van der Waals surface area contributed by atoms with Crippen LogP contribution < -0.4 is 10.6 Å². The number of fused-ring (bicyclic) bond motifs is 1. The third-order valence-electron chi connectivity index (χ3n) is 3.75. The molecule has 0 fully saturated rings. The maximum absolute atomic E-state index is 5.09. The quantitative estimate of drug-likeness (QED) is 0.604. The summed E-state index contributed by atoms with van der Waals surface area (Å²) in [4.78, 5) is 8.80. The van der Waals surface area contributed by atoms with Crippen molar-refractivity contribution in [2.75, 3.05) is 20.7 Å². The van der Waals surface area contributed by atoms with Gasteiger partial charge in [0.1, 0.15) is 12.4 Å². The average Bonchev–Trinajstić information content (AvgIpc) is 2.87. The summed E-state index contributed by atoms with van der Waals surface area (Å²) in [6.07, 6.45) is 3.10. The van der Waals surface area contributed by atoms with Crippen LogP contribution in [0.25, 0.3) is 0 Å². The Kier molecular flexibility index (Phi) is 6.18. The summed E-state index contributed by atoms with van der Waals surface area (Å²) in [5.41, 5.74) is 0. The van der Waals surface area contributed by atoms with Crippen molar-refractivity contribution in [2.45, 2.75) is 52.3 Å². The highest BCUT2D eigenvalue weighted by Gasteiger charge is 2.22. The van der Waals surface area contributed by atoms with Gasteiger partial charge in [-0.25, -0.2) is 9.67 Å². The molecule has 1 aliphatic rings. The number of hydrogen-bond acceptors (Lipinski definition) is 4. The molecule has 0 aromatic carbocycles. The topological polar surface area (TPSA) is 76.4 Å². The lowest BCUT2D eigenvalue weighted by Crippen LogP contribution is -2.47. The average molecular weight is 308 g/mol. The standard InChI is InChI=1S/C15H28N6O/c1-11(2)7-8-17-15(16-3)18-12-5-6-14-19-13(10-22-4)20-21(14)9-12/h11-12H,5-10H2,1-4H3,(H2,16,17,18). The number of aryl methyl sites for hydroxylation is 1. The molecule has 0 bridgehead atoms. The lowest BCUT2D eigenvalue weighted by atomic mass is 10.1. The van der Waals surface area contributed by atoms with E-state index in [-0.39, 0.29) is 0 Å². The first kappa shape index (κ1) is 16.7. The molecule has 2 N–H and O–H groups in total. The molecule has 1 unspecified atom stereocenters. The Balaban J connectivity index is 1.85. The van der Waals surface area contributed by atoms with Gasteiger partial charge in [-0.05, 0) is 18.8 Å². The lowest BCUT2D eigenvalue weighted by Gasteiger charge is -2.25. The fraction of sp³-hybridized carbons (Fsp3) is 0.800. The number of methoxy groups -OCH3 is 1. The van der Waals surface area contributed by atoms with Crippen molar-refractivity contribution in [1.29, 1.82) is 0 Å².